The quantitative estimate of drug-likeness (QED) is 0.262. The summed E-state index contributed by atoms with van der Waals surface area (Å²) in [4.78, 5) is 9.00. The van der Waals surface area contributed by atoms with E-state index in [9.17, 15) is 0 Å². The smallest absolute Gasteiger partial charge is 0.0710 e. The zero-order valence-corrected chi connectivity index (χ0v) is 18.4. The molecule has 0 aliphatic heterocycles. The lowest BCUT2D eigenvalue weighted by molar-refractivity contribution is 1.29. The van der Waals surface area contributed by atoms with Crippen LogP contribution in [0.5, 0.6) is 0 Å². The van der Waals surface area contributed by atoms with E-state index in [0.717, 1.165) is 22.5 Å². The molecule has 0 spiro atoms. The second kappa shape index (κ2) is 7.50. The SMILES string of the molecule is c1cc(-c2ccncc2)nc(-c2ccc(-c3ccc4ccc5cccc6ccc3c4c56)cc2)c1. The number of rotatable bonds is 3. The lowest BCUT2D eigenvalue weighted by Crippen LogP contribution is -1.89. The molecule has 2 heterocycles. The molecule has 158 valence electrons. The Morgan fingerprint density at radius 1 is 0.412 bits per heavy atom. The summed E-state index contributed by atoms with van der Waals surface area (Å²) in [5, 5.41) is 7.88. The Hall–Kier alpha value is -4.56. The molecule has 7 rings (SSSR count). The maximum atomic E-state index is 4.89. The van der Waals surface area contributed by atoms with Crippen LogP contribution in [-0.2, 0) is 0 Å². The Labute approximate surface area is 197 Å². The van der Waals surface area contributed by atoms with Crippen molar-refractivity contribution in [1.82, 2.24) is 9.97 Å². The van der Waals surface area contributed by atoms with Gasteiger partial charge in [-0.3, -0.25) is 4.98 Å². The molecule has 7 aromatic rings. The van der Waals surface area contributed by atoms with Crippen LogP contribution < -0.4 is 0 Å². The zero-order valence-electron chi connectivity index (χ0n) is 18.4. The topological polar surface area (TPSA) is 25.8 Å². The highest BCUT2D eigenvalue weighted by atomic mass is 14.7. The summed E-state index contributed by atoms with van der Waals surface area (Å²) in [5.41, 5.74) is 6.58. The van der Waals surface area contributed by atoms with Crippen LogP contribution in [0.1, 0.15) is 0 Å². The minimum atomic E-state index is 0.954. The van der Waals surface area contributed by atoms with Gasteiger partial charge in [0.25, 0.3) is 0 Å². The van der Waals surface area contributed by atoms with E-state index in [1.165, 1.54) is 43.4 Å². The van der Waals surface area contributed by atoms with Crippen molar-refractivity contribution in [3.05, 3.63) is 122 Å². The van der Waals surface area contributed by atoms with Gasteiger partial charge >= 0.3 is 0 Å². The van der Waals surface area contributed by atoms with Crippen molar-refractivity contribution in [2.75, 3.05) is 0 Å². The van der Waals surface area contributed by atoms with E-state index < -0.39 is 0 Å². The molecule has 0 saturated heterocycles. The van der Waals surface area contributed by atoms with Gasteiger partial charge in [0.1, 0.15) is 0 Å². The predicted octanol–water partition coefficient (Wildman–Crippen LogP) is 8.38. The number of aromatic nitrogens is 2. The Morgan fingerprint density at radius 3 is 1.71 bits per heavy atom. The first kappa shape index (κ1) is 19.0. The first-order valence-corrected chi connectivity index (χ1v) is 11.5. The third kappa shape index (κ3) is 2.96. The van der Waals surface area contributed by atoms with Crippen LogP contribution in [0.15, 0.2) is 122 Å². The fraction of sp³-hybridized carbons (Fsp3) is 0. The molecule has 0 atom stereocenters. The Bertz CT molecular complexity index is 1770. The summed E-state index contributed by atoms with van der Waals surface area (Å²) >= 11 is 0. The van der Waals surface area contributed by atoms with Crippen molar-refractivity contribution >= 4 is 32.3 Å². The van der Waals surface area contributed by atoms with Gasteiger partial charge in [-0.1, -0.05) is 84.9 Å². The summed E-state index contributed by atoms with van der Waals surface area (Å²) in [6.45, 7) is 0. The van der Waals surface area contributed by atoms with Crippen molar-refractivity contribution in [1.29, 1.82) is 0 Å². The average molecular weight is 433 g/mol. The van der Waals surface area contributed by atoms with Gasteiger partial charge < -0.3 is 0 Å². The van der Waals surface area contributed by atoms with Crippen molar-refractivity contribution in [3.63, 3.8) is 0 Å². The molecule has 0 fully saturated rings. The molecule has 2 aromatic heterocycles. The third-order valence-corrected chi connectivity index (χ3v) is 6.75. The van der Waals surface area contributed by atoms with Crippen molar-refractivity contribution < 1.29 is 0 Å². The fourth-order valence-corrected chi connectivity index (χ4v) is 5.09. The molecule has 2 nitrogen and oxygen atoms in total. The summed E-state index contributed by atoms with van der Waals surface area (Å²) in [6, 6.07) is 38.9. The molecule has 0 N–H and O–H groups in total. The van der Waals surface area contributed by atoms with Crippen molar-refractivity contribution in [2.24, 2.45) is 0 Å². The Morgan fingerprint density at radius 2 is 0.971 bits per heavy atom. The van der Waals surface area contributed by atoms with E-state index in [4.69, 9.17) is 4.98 Å². The predicted molar refractivity (Wildman–Crippen MR) is 142 cm³/mol. The van der Waals surface area contributed by atoms with Crippen LogP contribution in [0.3, 0.4) is 0 Å². The zero-order chi connectivity index (χ0) is 22.5. The van der Waals surface area contributed by atoms with Crippen molar-refractivity contribution in [2.45, 2.75) is 0 Å². The summed E-state index contributed by atoms with van der Waals surface area (Å²) in [6.07, 6.45) is 3.60. The number of hydrogen-bond acceptors (Lipinski definition) is 2. The molecule has 0 aliphatic carbocycles. The summed E-state index contributed by atoms with van der Waals surface area (Å²) < 4.78 is 0. The van der Waals surface area contributed by atoms with Crippen molar-refractivity contribution in [3.8, 4) is 33.6 Å². The molecular formula is C32H20N2. The number of hydrogen-bond donors (Lipinski definition) is 0. The van der Waals surface area contributed by atoms with Gasteiger partial charge in [-0.2, -0.15) is 0 Å². The van der Waals surface area contributed by atoms with Gasteiger partial charge in [0.05, 0.1) is 11.4 Å². The minimum absolute atomic E-state index is 0.954. The maximum Gasteiger partial charge on any atom is 0.0710 e. The summed E-state index contributed by atoms with van der Waals surface area (Å²) in [5.74, 6) is 0. The molecule has 0 saturated carbocycles. The number of nitrogens with zero attached hydrogens (tertiary/aromatic N) is 2. The number of pyridine rings is 2. The van der Waals surface area contributed by atoms with Gasteiger partial charge in [-0.25, -0.2) is 4.98 Å². The molecule has 0 amide bonds. The van der Waals surface area contributed by atoms with Crippen LogP contribution in [0.2, 0.25) is 0 Å². The van der Waals surface area contributed by atoms with E-state index in [1.54, 1.807) is 12.4 Å². The highest BCUT2D eigenvalue weighted by molar-refractivity contribution is 6.25. The molecular weight excluding hydrogens is 412 g/mol. The lowest BCUT2D eigenvalue weighted by atomic mass is 9.89. The monoisotopic (exact) mass is 432 g/mol. The lowest BCUT2D eigenvalue weighted by Gasteiger charge is -2.14. The number of benzene rings is 5. The van der Waals surface area contributed by atoms with E-state index in [2.05, 4.69) is 96.0 Å². The van der Waals surface area contributed by atoms with Gasteiger partial charge in [0.2, 0.25) is 0 Å². The van der Waals surface area contributed by atoms with E-state index in [1.807, 2.05) is 18.2 Å². The minimum Gasteiger partial charge on any atom is -0.265 e. The normalized spacial score (nSPS) is 11.5. The van der Waals surface area contributed by atoms with Gasteiger partial charge in [0.15, 0.2) is 0 Å². The fourth-order valence-electron chi connectivity index (χ4n) is 5.09. The van der Waals surface area contributed by atoms with E-state index in [-0.39, 0.29) is 0 Å². The standard InChI is InChI=1S/C32H20N2/c1-3-24-11-12-26-13-15-27(28-16-14-25(4-1)31(24)32(26)28)21-7-9-22(10-8-21)29-5-2-6-30(34-29)23-17-19-33-20-18-23/h1-20H. The first-order chi connectivity index (χ1) is 16.8. The van der Waals surface area contributed by atoms with Crippen LogP contribution in [0.25, 0.3) is 66.0 Å². The van der Waals surface area contributed by atoms with E-state index in [0.29, 0.717) is 0 Å². The second-order valence-corrected chi connectivity index (χ2v) is 8.69. The average Bonchev–Trinajstić information content (AvgIpc) is 2.92. The van der Waals surface area contributed by atoms with Gasteiger partial charge in [-0.05, 0) is 67.7 Å². The molecule has 0 bridgehead atoms. The molecule has 2 heteroatoms. The van der Waals surface area contributed by atoms with E-state index >= 15 is 0 Å². The Balaban J connectivity index is 1.33. The second-order valence-electron chi connectivity index (χ2n) is 8.69. The van der Waals surface area contributed by atoms with Crippen LogP contribution >= 0.6 is 0 Å². The highest BCUT2D eigenvalue weighted by Crippen LogP contribution is 2.39. The van der Waals surface area contributed by atoms with Crippen LogP contribution in [0.4, 0.5) is 0 Å². The van der Waals surface area contributed by atoms with Gasteiger partial charge in [0, 0.05) is 23.5 Å². The Kier molecular flexibility index (Phi) is 4.18. The van der Waals surface area contributed by atoms with Crippen LogP contribution in [-0.4, -0.2) is 9.97 Å². The largest absolute Gasteiger partial charge is 0.265 e. The van der Waals surface area contributed by atoms with Gasteiger partial charge in [-0.15, -0.1) is 0 Å². The van der Waals surface area contributed by atoms with Crippen LogP contribution in [0, 0.1) is 0 Å². The molecule has 0 unspecified atom stereocenters. The summed E-state index contributed by atoms with van der Waals surface area (Å²) in [7, 11) is 0. The molecule has 0 radical (unpaired) electrons. The molecule has 5 aromatic carbocycles. The third-order valence-electron chi connectivity index (χ3n) is 6.75. The molecule has 0 aliphatic rings. The molecule has 34 heavy (non-hydrogen) atoms. The highest BCUT2D eigenvalue weighted by Gasteiger charge is 2.12. The maximum absolute atomic E-state index is 4.89. The first-order valence-electron chi connectivity index (χ1n) is 11.5.